The van der Waals surface area contributed by atoms with Crippen molar-refractivity contribution in [3.8, 4) is 0 Å². The minimum Gasteiger partial charge on any atom is -0.459 e. The molecule has 0 bridgehead atoms. The maximum atomic E-state index is 13.1. The van der Waals surface area contributed by atoms with Gasteiger partial charge in [0, 0.05) is 32.4 Å². The van der Waals surface area contributed by atoms with Crippen molar-refractivity contribution in [2.75, 3.05) is 18.5 Å². The van der Waals surface area contributed by atoms with E-state index in [1.807, 2.05) is 26.0 Å². The summed E-state index contributed by atoms with van der Waals surface area (Å²) in [5, 5.41) is 22.4. The zero-order valence-corrected chi connectivity index (χ0v) is 39.4. The van der Waals surface area contributed by atoms with E-state index < -0.39 is 65.8 Å². The first-order valence-corrected chi connectivity index (χ1v) is 23.0. The Morgan fingerprint density at radius 3 is 2.27 bits per heavy atom. The van der Waals surface area contributed by atoms with Crippen molar-refractivity contribution >= 4 is 57.3 Å². The summed E-state index contributed by atoms with van der Waals surface area (Å²) in [6.07, 6.45) is 9.08. The van der Waals surface area contributed by atoms with Gasteiger partial charge in [-0.05, 0) is 71.3 Å². The van der Waals surface area contributed by atoms with Crippen LogP contribution in [0.25, 0.3) is 0 Å². The summed E-state index contributed by atoms with van der Waals surface area (Å²) in [5.41, 5.74) is 4.79. The number of carbonyl (C=O) groups excluding carboxylic acids is 7. The highest BCUT2D eigenvalue weighted by molar-refractivity contribution is 9.09. The van der Waals surface area contributed by atoms with E-state index in [1.165, 1.54) is 26.0 Å². The Morgan fingerprint density at radius 2 is 1.62 bits per heavy atom. The van der Waals surface area contributed by atoms with Crippen LogP contribution in [0.4, 0.5) is 0 Å². The number of hydrogen-bond donors (Lipinski definition) is 7. The fourth-order valence-corrected chi connectivity index (χ4v) is 7.59. The van der Waals surface area contributed by atoms with Crippen molar-refractivity contribution in [3.05, 3.63) is 36.0 Å². The normalized spacial score (nSPS) is 27.3. The number of esters is 1. The number of ether oxygens (including phenoxy) is 4. The van der Waals surface area contributed by atoms with Crippen molar-refractivity contribution in [1.82, 2.24) is 32.1 Å². The summed E-state index contributed by atoms with van der Waals surface area (Å²) >= 11 is 3.09. The fourth-order valence-electron chi connectivity index (χ4n) is 7.40. The van der Waals surface area contributed by atoms with Crippen LogP contribution < -0.4 is 32.1 Å². The van der Waals surface area contributed by atoms with Gasteiger partial charge in [-0.15, -0.1) is 0 Å². The average Bonchev–Trinajstić information content (AvgIpc) is 3.99. The minimum absolute atomic E-state index is 0.0817. The maximum Gasteiger partial charge on any atom is 0.303 e. The molecule has 0 radical (unpaired) electrons. The van der Waals surface area contributed by atoms with Crippen molar-refractivity contribution in [2.45, 2.75) is 167 Å². The molecule has 0 aliphatic carbocycles. The number of unbranched alkanes of at least 4 members (excludes halogenated alkanes) is 2. The SMILES string of the molecule is CC(=O)O[C@@H](C)/C=C\C(=O)N[C@@H]1C[C@H](C)[C@H](C/C=C(C)/C=C/[C@H]2O[C@H](CC(=O)NNC(=O)[C@H](C)NC(=O)C(NC(=O)CCCCCNC(=O)CBr)C(C)C)C[C@@]3(CO3)[C@@H]2O)O[C@@H]1C. The summed E-state index contributed by atoms with van der Waals surface area (Å²) in [4.78, 5) is 86.4. The van der Waals surface area contributed by atoms with E-state index >= 15 is 0 Å². The number of aliphatic hydroxyl groups excluding tert-OH is 1. The summed E-state index contributed by atoms with van der Waals surface area (Å²) in [7, 11) is 0. The van der Waals surface area contributed by atoms with Gasteiger partial charge in [-0.1, -0.05) is 66.9 Å². The van der Waals surface area contributed by atoms with E-state index in [0.29, 0.717) is 26.0 Å². The lowest BCUT2D eigenvalue weighted by molar-refractivity contribution is -0.147. The monoisotopic (exact) mass is 952 g/mol. The highest BCUT2D eigenvalue weighted by Crippen LogP contribution is 2.43. The van der Waals surface area contributed by atoms with Gasteiger partial charge in [0.05, 0.1) is 42.7 Å². The zero-order valence-electron chi connectivity index (χ0n) is 37.8. The van der Waals surface area contributed by atoms with Crippen LogP contribution in [0.15, 0.2) is 36.0 Å². The Kier molecular flexibility index (Phi) is 21.9. The first-order valence-electron chi connectivity index (χ1n) is 21.9. The van der Waals surface area contributed by atoms with Gasteiger partial charge in [-0.3, -0.25) is 44.4 Å². The van der Waals surface area contributed by atoms with Crippen LogP contribution in [0.1, 0.15) is 107 Å². The molecule has 0 saturated carbocycles. The van der Waals surface area contributed by atoms with Crippen molar-refractivity contribution in [3.63, 3.8) is 0 Å². The zero-order chi connectivity index (χ0) is 46.9. The number of hydrazine groups is 1. The summed E-state index contributed by atoms with van der Waals surface area (Å²) < 4.78 is 23.1. The molecule has 3 fully saturated rings. The van der Waals surface area contributed by atoms with Crippen molar-refractivity contribution in [1.29, 1.82) is 0 Å². The number of halogens is 1. The fraction of sp³-hybridized carbons (Fsp3) is 0.705. The van der Waals surface area contributed by atoms with Gasteiger partial charge in [0.15, 0.2) is 0 Å². The van der Waals surface area contributed by atoms with E-state index in [2.05, 4.69) is 55.0 Å². The van der Waals surface area contributed by atoms with Gasteiger partial charge < -0.3 is 45.3 Å². The molecule has 6 amide bonds. The number of aliphatic hydroxyl groups is 1. The molecule has 1 unspecified atom stereocenters. The smallest absolute Gasteiger partial charge is 0.303 e. The molecule has 3 heterocycles. The molecule has 11 atom stereocenters. The van der Waals surface area contributed by atoms with Crippen LogP contribution in [0.2, 0.25) is 0 Å². The predicted octanol–water partition coefficient (Wildman–Crippen LogP) is 2.23. The number of rotatable bonds is 22. The molecule has 0 aromatic carbocycles. The quantitative estimate of drug-likeness (QED) is 0.0157. The molecule has 0 aromatic rings. The largest absolute Gasteiger partial charge is 0.459 e. The molecule has 63 heavy (non-hydrogen) atoms. The molecular formula is C44H69BrN6O12. The van der Waals surface area contributed by atoms with Crippen LogP contribution in [-0.4, -0.2) is 125 Å². The molecule has 7 N–H and O–H groups in total. The third-order valence-corrected chi connectivity index (χ3v) is 11.7. The highest BCUT2D eigenvalue weighted by Gasteiger charge is 2.58. The molecule has 3 aliphatic heterocycles. The van der Waals surface area contributed by atoms with Crippen LogP contribution in [-0.2, 0) is 52.5 Å². The lowest BCUT2D eigenvalue weighted by Gasteiger charge is -2.39. The third kappa shape index (κ3) is 18.5. The Morgan fingerprint density at radius 1 is 0.905 bits per heavy atom. The third-order valence-electron chi connectivity index (χ3n) is 11.2. The Hall–Kier alpha value is -4.17. The number of epoxide rings is 1. The standard InChI is InChI=1S/C44H69BrN6O12/c1-25(2)40(49-36(53)12-10-9-11-19-46-39(56)23-45)43(59)47-29(6)42(58)51-50-38(55)21-32-22-44(24-60-44)41(57)35(63-32)17-14-26(3)13-16-34-27(4)20-33(30(7)62-34)48-37(54)18-15-28(5)61-31(8)52/h13-15,17-18,25,27-30,32-35,40-41,57H,9-12,16,19-24H2,1-8H3,(H,46,56)(H,47,59)(H,48,54)(H,49,53)(H,50,55)(H,51,58)/b17-14+,18-15-,26-13+/t27-,28-,29-,30+,32+,33+,34-,35+,40?,41+,44+/m0/s1. The molecule has 3 aliphatic rings. The summed E-state index contributed by atoms with van der Waals surface area (Å²) in [5.74, 6) is -2.99. The van der Waals surface area contributed by atoms with E-state index in [4.69, 9.17) is 18.9 Å². The second kappa shape index (κ2) is 26.0. The van der Waals surface area contributed by atoms with E-state index in [1.54, 1.807) is 26.8 Å². The topological polar surface area (TPSA) is 252 Å². The number of carbonyl (C=O) groups is 7. The average molecular weight is 954 g/mol. The highest BCUT2D eigenvalue weighted by atomic mass is 79.9. The van der Waals surface area contributed by atoms with E-state index in [-0.39, 0.29) is 72.4 Å². The molecule has 0 aromatic heterocycles. The lowest BCUT2D eigenvalue weighted by atomic mass is 9.87. The predicted molar refractivity (Wildman–Crippen MR) is 236 cm³/mol. The first kappa shape index (κ1) is 53.2. The summed E-state index contributed by atoms with van der Waals surface area (Å²) in [6, 6.07) is -2.11. The van der Waals surface area contributed by atoms with Crippen LogP contribution in [0.3, 0.4) is 0 Å². The molecule has 354 valence electrons. The van der Waals surface area contributed by atoms with Gasteiger partial charge in [0.2, 0.25) is 29.5 Å². The maximum absolute atomic E-state index is 13.1. The Balaban J connectivity index is 1.43. The van der Waals surface area contributed by atoms with E-state index in [0.717, 1.165) is 24.8 Å². The van der Waals surface area contributed by atoms with E-state index in [9.17, 15) is 38.7 Å². The number of amides is 6. The molecular weight excluding hydrogens is 884 g/mol. The Bertz CT molecular complexity index is 1690. The molecule has 3 saturated heterocycles. The molecule has 3 rings (SSSR count). The van der Waals surface area contributed by atoms with Gasteiger partial charge in [-0.25, -0.2) is 0 Å². The van der Waals surface area contributed by atoms with Gasteiger partial charge in [0.1, 0.15) is 36.0 Å². The van der Waals surface area contributed by atoms with Gasteiger partial charge >= 0.3 is 5.97 Å². The lowest BCUT2D eigenvalue weighted by Crippen LogP contribution is -2.56. The summed E-state index contributed by atoms with van der Waals surface area (Å²) in [6.45, 7) is 14.8. The van der Waals surface area contributed by atoms with Crippen LogP contribution >= 0.6 is 15.9 Å². The number of hydrogen-bond acceptors (Lipinski definition) is 12. The van der Waals surface area contributed by atoms with Gasteiger partial charge in [0.25, 0.3) is 5.91 Å². The first-order chi connectivity index (χ1) is 29.7. The van der Waals surface area contributed by atoms with Gasteiger partial charge in [-0.2, -0.15) is 0 Å². The number of nitrogens with one attached hydrogen (secondary N) is 6. The minimum atomic E-state index is -1.04. The van der Waals surface area contributed by atoms with Crippen molar-refractivity contribution in [2.24, 2.45) is 11.8 Å². The Labute approximate surface area is 379 Å². The second-order valence-corrected chi connectivity index (χ2v) is 17.8. The molecule has 19 heteroatoms. The van der Waals surface area contributed by atoms with Crippen molar-refractivity contribution < 1.29 is 57.6 Å². The second-order valence-electron chi connectivity index (χ2n) is 17.2. The molecule has 18 nitrogen and oxygen atoms in total. The van der Waals surface area contributed by atoms with Crippen LogP contribution in [0, 0.1) is 11.8 Å². The number of alkyl halides is 1. The molecule has 1 spiro atoms. The van der Waals surface area contributed by atoms with Crippen LogP contribution in [0.5, 0.6) is 0 Å². The number of allylic oxidation sites excluding steroid dienone is 2.